The van der Waals surface area contributed by atoms with Crippen LogP contribution in [0.3, 0.4) is 0 Å². The fourth-order valence-corrected chi connectivity index (χ4v) is 4.46. The van der Waals surface area contributed by atoms with Crippen LogP contribution in [0.4, 0.5) is 13.2 Å². The summed E-state index contributed by atoms with van der Waals surface area (Å²) in [4.78, 5) is 18.6. The summed E-state index contributed by atoms with van der Waals surface area (Å²) in [5.41, 5.74) is 0. The first-order chi connectivity index (χ1) is 13.6. The van der Waals surface area contributed by atoms with Crippen LogP contribution in [0.2, 0.25) is 0 Å². The zero-order valence-corrected chi connectivity index (χ0v) is 16.8. The summed E-state index contributed by atoms with van der Waals surface area (Å²) in [6.45, 7) is 7.20. The van der Waals surface area contributed by atoms with E-state index in [9.17, 15) is 13.2 Å². The van der Waals surface area contributed by atoms with Gasteiger partial charge in [-0.05, 0) is 51.3 Å². The average Bonchev–Trinajstić information content (AvgIpc) is 3.34. The van der Waals surface area contributed by atoms with Crippen molar-refractivity contribution in [1.82, 2.24) is 15.0 Å². The quantitative estimate of drug-likeness (QED) is 0.789. The van der Waals surface area contributed by atoms with Gasteiger partial charge >= 0.3 is 12.1 Å². The number of hydrogen-bond acceptors (Lipinski definition) is 7. The molecule has 0 spiro atoms. The van der Waals surface area contributed by atoms with Gasteiger partial charge in [0.25, 0.3) is 5.89 Å². The normalized spacial score (nSPS) is 24.7. The second-order valence-corrected chi connectivity index (χ2v) is 8.55. The maximum Gasteiger partial charge on any atom is 0.490 e. The summed E-state index contributed by atoms with van der Waals surface area (Å²) < 4.78 is 43.2. The van der Waals surface area contributed by atoms with Gasteiger partial charge in [-0.25, -0.2) is 4.79 Å². The Morgan fingerprint density at radius 3 is 2.66 bits per heavy atom. The molecule has 7 nitrogen and oxygen atoms in total. The number of ether oxygens (including phenoxy) is 1. The molecule has 11 heteroatoms. The van der Waals surface area contributed by atoms with Gasteiger partial charge in [0, 0.05) is 22.8 Å². The number of rotatable bonds is 3. The number of nitrogens with zero attached hydrogens (tertiary/aromatic N) is 3. The molecule has 29 heavy (non-hydrogen) atoms. The largest absolute Gasteiger partial charge is 0.490 e. The van der Waals surface area contributed by atoms with Gasteiger partial charge in [0.15, 0.2) is 5.82 Å². The van der Waals surface area contributed by atoms with E-state index >= 15 is 0 Å². The summed E-state index contributed by atoms with van der Waals surface area (Å²) in [5.74, 6) is -0.804. The lowest BCUT2D eigenvalue weighted by molar-refractivity contribution is -0.192. The number of aromatic nitrogens is 2. The lowest BCUT2D eigenvalue weighted by atomic mass is 9.92. The Balaban J connectivity index is 0.000000298. The number of carboxylic acid groups (broad SMARTS) is 1. The highest BCUT2D eigenvalue weighted by molar-refractivity contribution is 7.11. The van der Waals surface area contributed by atoms with Crippen molar-refractivity contribution < 1.29 is 32.3 Å². The number of likely N-dealkylation sites (tertiary alicyclic amines) is 1. The number of halogens is 3. The van der Waals surface area contributed by atoms with Crippen LogP contribution in [-0.2, 0) is 16.1 Å². The van der Waals surface area contributed by atoms with Crippen LogP contribution >= 0.6 is 11.3 Å². The van der Waals surface area contributed by atoms with Crippen molar-refractivity contribution in [3.05, 3.63) is 33.6 Å². The van der Waals surface area contributed by atoms with Crippen LogP contribution in [0.15, 0.2) is 16.7 Å². The third-order valence-corrected chi connectivity index (χ3v) is 5.86. The van der Waals surface area contributed by atoms with E-state index in [4.69, 9.17) is 19.2 Å². The van der Waals surface area contributed by atoms with Crippen LogP contribution in [0.1, 0.15) is 40.4 Å². The molecular formula is C18H22F3N3O4S. The lowest BCUT2D eigenvalue weighted by Crippen LogP contribution is -2.41. The van der Waals surface area contributed by atoms with Crippen molar-refractivity contribution >= 4 is 17.3 Å². The zero-order chi connectivity index (χ0) is 21.2. The molecule has 2 aliphatic heterocycles. The molecule has 0 aliphatic carbocycles. The number of aliphatic carboxylic acids is 1. The van der Waals surface area contributed by atoms with Crippen molar-refractivity contribution in [2.75, 3.05) is 13.1 Å². The smallest absolute Gasteiger partial charge is 0.475 e. The van der Waals surface area contributed by atoms with E-state index in [2.05, 4.69) is 34.1 Å². The monoisotopic (exact) mass is 433 g/mol. The highest BCUT2D eigenvalue weighted by Crippen LogP contribution is 2.40. The molecule has 160 valence electrons. The van der Waals surface area contributed by atoms with Crippen molar-refractivity contribution in [3.8, 4) is 0 Å². The summed E-state index contributed by atoms with van der Waals surface area (Å²) in [6.07, 6.45) is -2.59. The van der Waals surface area contributed by atoms with Crippen molar-refractivity contribution in [2.24, 2.45) is 5.92 Å². The molecule has 2 saturated heterocycles. The Morgan fingerprint density at radius 2 is 2.10 bits per heavy atom. The van der Waals surface area contributed by atoms with Crippen LogP contribution in [0.5, 0.6) is 0 Å². The van der Waals surface area contributed by atoms with Gasteiger partial charge in [0.1, 0.15) is 6.10 Å². The van der Waals surface area contributed by atoms with Crippen molar-refractivity contribution in [2.45, 2.75) is 51.6 Å². The van der Waals surface area contributed by atoms with Gasteiger partial charge in [-0.3, -0.25) is 4.90 Å². The van der Waals surface area contributed by atoms with Crippen LogP contribution in [0, 0.1) is 19.8 Å². The number of thiophene rings is 1. The first-order valence-corrected chi connectivity index (χ1v) is 9.97. The molecule has 2 aliphatic rings. The third kappa shape index (κ3) is 5.77. The van der Waals surface area contributed by atoms with E-state index in [1.54, 1.807) is 0 Å². The minimum Gasteiger partial charge on any atom is -0.475 e. The number of carbonyl (C=O) groups is 1. The summed E-state index contributed by atoms with van der Waals surface area (Å²) >= 11 is 1.89. The van der Waals surface area contributed by atoms with E-state index in [1.807, 2.05) is 18.3 Å². The van der Waals surface area contributed by atoms with Gasteiger partial charge < -0.3 is 14.4 Å². The molecule has 2 aromatic rings. The number of fused-ring (bicyclic) bond motifs is 1. The van der Waals surface area contributed by atoms with Crippen LogP contribution < -0.4 is 0 Å². The molecule has 0 amide bonds. The van der Waals surface area contributed by atoms with Crippen LogP contribution in [0.25, 0.3) is 0 Å². The second-order valence-electron chi connectivity index (χ2n) is 7.18. The molecule has 0 radical (unpaired) electrons. The molecule has 0 unspecified atom stereocenters. The predicted molar refractivity (Wildman–Crippen MR) is 97.4 cm³/mol. The van der Waals surface area contributed by atoms with E-state index in [0.29, 0.717) is 23.7 Å². The maximum absolute atomic E-state index is 10.6. The zero-order valence-electron chi connectivity index (χ0n) is 16.0. The minimum atomic E-state index is -5.08. The molecule has 1 N–H and O–H groups in total. The Morgan fingerprint density at radius 1 is 1.38 bits per heavy atom. The summed E-state index contributed by atoms with van der Waals surface area (Å²) in [5, 5.41) is 11.0. The number of aryl methyl sites for hydroxylation is 2. The molecule has 3 atom stereocenters. The number of hydrogen-bond donors (Lipinski definition) is 1. The molecule has 2 aromatic heterocycles. The van der Waals surface area contributed by atoms with Gasteiger partial charge in [0.2, 0.25) is 0 Å². The Kier molecular flexibility index (Phi) is 6.59. The Labute approximate surface area is 169 Å². The fraction of sp³-hybridized carbons (Fsp3) is 0.611. The third-order valence-electron chi connectivity index (χ3n) is 4.87. The standard InChI is InChI=1S/C16H21N3O2S.C2HF3O2/c1-10-3-4-13(22-10)8-19-6-5-12-7-14(20-15(12)9-19)16-17-11(2)18-21-16;3-2(4,5)1(6)7/h3-4,12,14-15H,5-9H2,1-2H3;(H,6,7)/t12-,14-,15+;/m0./s1. The second kappa shape index (κ2) is 8.80. The first-order valence-electron chi connectivity index (χ1n) is 9.15. The maximum atomic E-state index is 10.6. The molecule has 4 rings (SSSR count). The average molecular weight is 433 g/mol. The molecule has 4 heterocycles. The first kappa shape index (κ1) is 21.7. The minimum absolute atomic E-state index is 0.0138. The highest BCUT2D eigenvalue weighted by atomic mass is 32.1. The van der Waals surface area contributed by atoms with Crippen LogP contribution in [-0.4, -0.2) is 51.5 Å². The molecule has 0 bridgehead atoms. The fourth-order valence-electron chi connectivity index (χ4n) is 3.53. The summed E-state index contributed by atoms with van der Waals surface area (Å²) in [7, 11) is 0. The SMILES string of the molecule is Cc1noc([C@@H]2C[C@@H]3CCN(Cc4ccc(C)s4)C[C@H]3O2)n1.O=C(O)C(F)(F)F. The van der Waals surface area contributed by atoms with Gasteiger partial charge in [-0.2, -0.15) is 18.2 Å². The van der Waals surface area contributed by atoms with E-state index in [-0.39, 0.29) is 6.10 Å². The van der Waals surface area contributed by atoms with Gasteiger partial charge in [-0.15, -0.1) is 11.3 Å². The van der Waals surface area contributed by atoms with Crippen molar-refractivity contribution in [1.29, 1.82) is 0 Å². The number of piperidine rings is 1. The Bertz CT molecular complexity index is 838. The molecule has 0 aromatic carbocycles. The van der Waals surface area contributed by atoms with E-state index in [0.717, 1.165) is 26.1 Å². The Hall–Kier alpha value is -1.98. The van der Waals surface area contributed by atoms with Gasteiger partial charge in [0.05, 0.1) is 6.10 Å². The van der Waals surface area contributed by atoms with Crippen molar-refractivity contribution in [3.63, 3.8) is 0 Å². The van der Waals surface area contributed by atoms with E-state index < -0.39 is 12.1 Å². The molecule has 0 saturated carbocycles. The predicted octanol–water partition coefficient (Wildman–Crippen LogP) is 3.73. The number of carboxylic acids is 1. The molecule has 2 fully saturated rings. The highest BCUT2D eigenvalue weighted by Gasteiger charge is 2.41. The number of alkyl halides is 3. The molecular weight excluding hydrogens is 411 g/mol. The topological polar surface area (TPSA) is 88.7 Å². The van der Waals surface area contributed by atoms with E-state index in [1.165, 1.54) is 16.2 Å². The lowest BCUT2D eigenvalue weighted by Gasteiger charge is -2.33. The van der Waals surface area contributed by atoms with Gasteiger partial charge in [-0.1, -0.05) is 5.16 Å². The summed E-state index contributed by atoms with van der Waals surface area (Å²) in [6, 6.07) is 4.44.